The molecular formula is C24H16Br2N2O6. The average molecular weight is 588 g/mol. The van der Waals surface area contributed by atoms with E-state index in [9.17, 15) is 9.59 Å². The summed E-state index contributed by atoms with van der Waals surface area (Å²) in [5, 5.41) is 4.06. The molecule has 0 aromatic heterocycles. The number of carbonyl (C=O) groups excluding carboxylic acids is 2. The zero-order valence-corrected chi connectivity index (χ0v) is 20.6. The number of benzene rings is 3. The quantitative estimate of drug-likeness (QED) is 0.196. The Hall–Kier alpha value is -3.21. The Balaban J connectivity index is 1.33. The van der Waals surface area contributed by atoms with E-state index in [4.69, 9.17) is 18.9 Å². The maximum absolute atomic E-state index is 12.8. The Morgan fingerprint density at radius 1 is 0.941 bits per heavy atom. The largest absolute Gasteiger partial charge is 0.454 e. The first-order chi connectivity index (χ1) is 16.5. The molecule has 34 heavy (non-hydrogen) atoms. The maximum atomic E-state index is 12.8. The lowest BCUT2D eigenvalue weighted by Gasteiger charge is -2.11. The molecule has 0 radical (unpaired) electrons. The van der Waals surface area contributed by atoms with Crippen molar-refractivity contribution in [1.29, 1.82) is 0 Å². The minimum atomic E-state index is -0.583. The van der Waals surface area contributed by atoms with Gasteiger partial charge in [-0.1, -0.05) is 22.0 Å². The molecule has 2 aliphatic heterocycles. The van der Waals surface area contributed by atoms with Crippen molar-refractivity contribution in [3.8, 4) is 17.2 Å². The zero-order valence-electron chi connectivity index (χ0n) is 17.5. The lowest BCUT2D eigenvalue weighted by atomic mass is 10.1. The highest BCUT2D eigenvalue weighted by Crippen LogP contribution is 2.35. The van der Waals surface area contributed by atoms with Crippen LogP contribution in [0.5, 0.6) is 17.2 Å². The van der Waals surface area contributed by atoms with E-state index in [1.54, 1.807) is 42.5 Å². The summed E-state index contributed by atoms with van der Waals surface area (Å²) in [6.45, 7) is 1.16. The highest BCUT2D eigenvalue weighted by atomic mass is 79.9. The number of carbonyl (C=O) groups is 2. The molecule has 0 saturated carbocycles. The van der Waals surface area contributed by atoms with E-state index in [2.05, 4.69) is 42.4 Å². The van der Waals surface area contributed by atoms with Crippen LogP contribution >= 0.6 is 31.9 Å². The molecule has 8 nitrogen and oxygen atoms in total. The lowest BCUT2D eigenvalue weighted by Crippen LogP contribution is -2.18. The third-order valence-corrected chi connectivity index (χ3v) is 6.24. The maximum Gasteiger partial charge on any atom is 0.343 e. The fraction of sp³-hybridized carbons (Fsp3) is 0.125. The van der Waals surface area contributed by atoms with E-state index in [1.807, 2.05) is 6.07 Å². The summed E-state index contributed by atoms with van der Waals surface area (Å²) < 4.78 is 22.9. The number of hydrogen-bond acceptors (Lipinski definition) is 7. The van der Waals surface area contributed by atoms with Crippen molar-refractivity contribution >= 4 is 50.0 Å². The van der Waals surface area contributed by atoms with E-state index in [0.29, 0.717) is 45.9 Å². The highest BCUT2D eigenvalue weighted by Gasteiger charge is 2.20. The lowest BCUT2D eigenvalue weighted by molar-refractivity contribution is 0.0732. The molecule has 2 aliphatic rings. The van der Waals surface area contributed by atoms with Gasteiger partial charge in [-0.25, -0.2) is 10.2 Å². The van der Waals surface area contributed by atoms with Gasteiger partial charge in [0.2, 0.25) is 6.79 Å². The molecule has 10 heteroatoms. The molecule has 0 bridgehead atoms. The Labute approximate surface area is 211 Å². The van der Waals surface area contributed by atoms with Crippen LogP contribution < -0.4 is 19.6 Å². The minimum absolute atomic E-state index is 0.109. The molecule has 0 spiro atoms. The molecular weight excluding hydrogens is 572 g/mol. The van der Waals surface area contributed by atoms with Crippen molar-refractivity contribution in [1.82, 2.24) is 5.43 Å². The van der Waals surface area contributed by atoms with Gasteiger partial charge >= 0.3 is 5.97 Å². The van der Waals surface area contributed by atoms with Crippen molar-refractivity contribution in [3.63, 3.8) is 0 Å². The van der Waals surface area contributed by atoms with E-state index in [1.165, 1.54) is 6.21 Å². The van der Waals surface area contributed by atoms with Crippen LogP contribution in [0.2, 0.25) is 0 Å². The predicted octanol–water partition coefficient (Wildman–Crippen LogP) is 4.95. The molecule has 0 unspecified atom stereocenters. The van der Waals surface area contributed by atoms with Crippen molar-refractivity contribution in [2.75, 3.05) is 6.79 Å². The van der Waals surface area contributed by atoms with Crippen molar-refractivity contribution in [3.05, 3.63) is 85.3 Å². The van der Waals surface area contributed by atoms with Crippen molar-refractivity contribution in [2.24, 2.45) is 5.10 Å². The number of hydrazone groups is 1. The van der Waals surface area contributed by atoms with Crippen LogP contribution in [0.4, 0.5) is 0 Å². The molecule has 0 saturated heterocycles. The highest BCUT2D eigenvalue weighted by molar-refractivity contribution is 9.11. The molecule has 0 atom stereocenters. The molecule has 1 N–H and O–H groups in total. The average Bonchev–Trinajstić information content (AvgIpc) is 3.49. The molecule has 1 amide bonds. The summed E-state index contributed by atoms with van der Waals surface area (Å²) in [6, 6.07) is 13.7. The summed E-state index contributed by atoms with van der Waals surface area (Å²) in [5.74, 6) is 0.352. The molecule has 0 aliphatic carbocycles. The van der Waals surface area contributed by atoms with Crippen molar-refractivity contribution < 1.29 is 28.5 Å². The Morgan fingerprint density at radius 2 is 1.74 bits per heavy atom. The van der Waals surface area contributed by atoms with Gasteiger partial charge in [0.25, 0.3) is 5.91 Å². The smallest absolute Gasteiger partial charge is 0.343 e. The molecule has 3 aromatic carbocycles. The standard InChI is InChI=1S/C24H16Br2N2O6/c25-18-6-16(9-27-28-23(29)13-1-2-15-10-31-11-17(15)5-13)22(19(26)8-18)34-24(30)14-3-4-20-21(7-14)33-12-32-20/h1-9H,10-12H2,(H,28,29). The van der Waals surface area contributed by atoms with Crippen LogP contribution in [0, 0.1) is 0 Å². The van der Waals surface area contributed by atoms with Gasteiger partial charge in [0, 0.05) is 15.6 Å². The van der Waals surface area contributed by atoms with Crippen LogP contribution in [-0.4, -0.2) is 24.9 Å². The summed E-state index contributed by atoms with van der Waals surface area (Å²) in [7, 11) is 0. The number of hydrogen-bond donors (Lipinski definition) is 1. The number of nitrogens with one attached hydrogen (secondary N) is 1. The van der Waals surface area contributed by atoms with Gasteiger partial charge in [0.05, 0.1) is 29.5 Å². The second-order valence-electron chi connectivity index (χ2n) is 7.44. The topological polar surface area (TPSA) is 95.5 Å². The van der Waals surface area contributed by atoms with Gasteiger partial charge < -0.3 is 18.9 Å². The van der Waals surface area contributed by atoms with Crippen LogP contribution in [0.1, 0.15) is 37.4 Å². The predicted molar refractivity (Wildman–Crippen MR) is 129 cm³/mol. The van der Waals surface area contributed by atoms with Gasteiger partial charge in [-0.15, -0.1) is 0 Å². The van der Waals surface area contributed by atoms with Crippen LogP contribution in [0.3, 0.4) is 0 Å². The number of ether oxygens (including phenoxy) is 4. The van der Waals surface area contributed by atoms with Crippen LogP contribution in [0.25, 0.3) is 0 Å². The molecule has 3 aromatic rings. The monoisotopic (exact) mass is 586 g/mol. The fourth-order valence-electron chi connectivity index (χ4n) is 3.50. The first-order valence-electron chi connectivity index (χ1n) is 10.1. The van der Waals surface area contributed by atoms with Gasteiger partial charge in [-0.05, 0) is 69.5 Å². The second kappa shape index (κ2) is 9.57. The van der Waals surface area contributed by atoms with E-state index in [0.717, 1.165) is 15.6 Å². The third kappa shape index (κ3) is 4.70. The summed E-state index contributed by atoms with van der Waals surface area (Å²) in [6.07, 6.45) is 1.41. The number of rotatable bonds is 5. The van der Waals surface area contributed by atoms with Crippen molar-refractivity contribution in [2.45, 2.75) is 13.2 Å². The zero-order chi connectivity index (χ0) is 23.7. The van der Waals surface area contributed by atoms with Gasteiger partial charge in [0.1, 0.15) is 0 Å². The van der Waals surface area contributed by atoms with Gasteiger partial charge in [-0.3, -0.25) is 4.79 Å². The van der Waals surface area contributed by atoms with E-state index >= 15 is 0 Å². The number of nitrogens with zero attached hydrogens (tertiary/aromatic N) is 1. The van der Waals surface area contributed by atoms with Gasteiger partial charge in [-0.2, -0.15) is 5.10 Å². The first-order valence-corrected chi connectivity index (χ1v) is 11.7. The molecule has 5 rings (SSSR count). The van der Waals surface area contributed by atoms with Crippen LogP contribution in [0.15, 0.2) is 62.6 Å². The Bertz CT molecular complexity index is 1340. The Kier molecular flexibility index (Phi) is 6.36. The third-order valence-electron chi connectivity index (χ3n) is 5.19. The number of halogens is 2. The van der Waals surface area contributed by atoms with Gasteiger partial charge in [0.15, 0.2) is 17.2 Å². The fourth-order valence-corrected chi connectivity index (χ4v) is 4.84. The first kappa shape index (κ1) is 22.6. The summed E-state index contributed by atoms with van der Waals surface area (Å²) in [4.78, 5) is 25.3. The van der Waals surface area contributed by atoms with Crippen LogP contribution in [-0.2, 0) is 18.0 Å². The molecule has 0 fully saturated rings. The normalized spacial score (nSPS) is 13.7. The second-order valence-corrected chi connectivity index (χ2v) is 9.21. The SMILES string of the molecule is O=C(NN=Cc1cc(Br)cc(Br)c1OC(=O)c1ccc2c(c1)OCO2)c1ccc2c(c1)COC2. The Morgan fingerprint density at radius 3 is 2.62 bits per heavy atom. The summed E-state index contributed by atoms with van der Waals surface area (Å²) in [5.41, 5.74) is 5.82. The van der Waals surface area contributed by atoms with E-state index < -0.39 is 5.97 Å². The summed E-state index contributed by atoms with van der Waals surface area (Å²) >= 11 is 6.84. The van der Waals surface area contributed by atoms with E-state index in [-0.39, 0.29) is 18.4 Å². The number of esters is 1. The molecule has 172 valence electrons. The molecule has 2 heterocycles. The number of fused-ring (bicyclic) bond motifs is 2. The minimum Gasteiger partial charge on any atom is -0.454 e. The number of amides is 1.